The van der Waals surface area contributed by atoms with Gasteiger partial charge in [-0.05, 0) is 39.2 Å². The Hall–Kier alpha value is -2.83. The minimum Gasteiger partial charge on any atom is -0.384 e. The Kier molecular flexibility index (Phi) is 6.34. The molecule has 0 aromatic carbocycles. The van der Waals surface area contributed by atoms with Crippen molar-refractivity contribution in [3.8, 4) is 11.1 Å². The first-order chi connectivity index (χ1) is 13.5. The number of H-pyrrole nitrogens is 2. The predicted octanol–water partition coefficient (Wildman–Crippen LogP) is 4.65. The number of pyridine rings is 1. The predicted molar refractivity (Wildman–Crippen MR) is 113 cm³/mol. The summed E-state index contributed by atoms with van der Waals surface area (Å²) in [4.78, 5) is 9.66. The van der Waals surface area contributed by atoms with Crippen LogP contribution in [0.2, 0.25) is 0 Å². The summed E-state index contributed by atoms with van der Waals surface area (Å²) in [7, 11) is 0. The van der Waals surface area contributed by atoms with Gasteiger partial charge in [-0.2, -0.15) is 5.10 Å². The van der Waals surface area contributed by atoms with Crippen molar-refractivity contribution in [2.45, 2.75) is 39.8 Å². The van der Waals surface area contributed by atoms with Gasteiger partial charge in [0.05, 0.1) is 11.9 Å². The number of hydrogen-bond acceptors (Lipinski definition) is 4. The molecule has 150 valence electrons. The van der Waals surface area contributed by atoms with E-state index in [1.165, 1.54) is 5.56 Å². The van der Waals surface area contributed by atoms with E-state index in [1.807, 2.05) is 36.6 Å². The molecule has 0 bridgehead atoms. The van der Waals surface area contributed by atoms with Crippen LogP contribution in [-0.2, 0) is 0 Å². The Labute approximate surface area is 165 Å². The highest BCUT2D eigenvalue weighted by atomic mass is 19.1. The summed E-state index contributed by atoms with van der Waals surface area (Å²) in [6.45, 7) is 12.3. The molecule has 3 aromatic rings. The van der Waals surface area contributed by atoms with Gasteiger partial charge < -0.3 is 15.2 Å². The van der Waals surface area contributed by atoms with Gasteiger partial charge in [0, 0.05) is 60.4 Å². The zero-order valence-electron chi connectivity index (χ0n) is 16.8. The zero-order chi connectivity index (χ0) is 20.1. The average Bonchev–Trinajstić information content (AvgIpc) is 3.33. The van der Waals surface area contributed by atoms with Gasteiger partial charge in [-0.3, -0.25) is 5.10 Å². The molecule has 4 rings (SSSR count). The maximum atomic E-state index is 12.7. The number of rotatable bonds is 4. The Morgan fingerprint density at radius 2 is 2.21 bits per heavy atom. The number of halogens is 1. The number of allylic oxidation sites excluding steroid dienone is 1. The minimum atomic E-state index is -0.634. The standard InChI is InChI=1S/C13H15N5.C8H14FN/c1-3-14-12-10(9-5-17-18-6-9)7-16-13-11(12)8(2)4-15-13;1-7(2)10-5-3-4-8(9)6-10/h4-7H,3H2,1-2H3,(H,17,18)(H2,14,15,16);8H,1,3-6H2,2H3. The fourth-order valence-electron chi connectivity index (χ4n) is 3.50. The molecule has 6 nitrogen and oxygen atoms in total. The molecule has 28 heavy (non-hydrogen) atoms. The molecule has 0 aliphatic carbocycles. The number of anilines is 1. The van der Waals surface area contributed by atoms with Crippen LogP contribution in [0.25, 0.3) is 22.2 Å². The minimum absolute atomic E-state index is 0.551. The van der Waals surface area contributed by atoms with Gasteiger partial charge in [0.15, 0.2) is 0 Å². The highest BCUT2D eigenvalue weighted by Crippen LogP contribution is 2.34. The molecule has 0 saturated carbocycles. The van der Waals surface area contributed by atoms with Gasteiger partial charge in [-0.1, -0.05) is 6.58 Å². The number of hydrogen-bond donors (Lipinski definition) is 3. The lowest BCUT2D eigenvalue weighted by Crippen LogP contribution is -2.34. The molecule has 1 unspecified atom stereocenters. The van der Waals surface area contributed by atoms with Crippen LogP contribution in [0.4, 0.5) is 10.1 Å². The van der Waals surface area contributed by atoms with Gasteiger partial charge >= 0.3 is 0 Å². The van der Waals surface area contributed by atoms with Crippen molar-refractivity contribution < 1.29 is 4.39 Å². The second-order valence-electron chi connectivity index (χ2n) is 7.18. The van der Waals surface area contributed by atoms with Crippen molar-refractivity contribution in [1.29, 1.82) is 0 Å². The molecule has 3 N–H and O–H groups in total. The normalized spacial score (nSPS) is 16.6. The van der Waals surface area contributed by atoms with E-state index in [9.17, 15) is 4.39 Å². The summed E-state index contributed by atoms with van der Waals surface area (Å²) in [5.74, 6) is 0. The van der Waals surface area contributed by atoms with Crippen LogP contribution in [0.5, 0.6) is 0 Å². The van der Waals surface area contributed by atoms with Crippen LogP contribution in [0.3, 0.4) is 0 Å². The zero-order valence-corrected chi connectivity index (χ0v) is 16.8. The van der Waals surface area contributed by atoms with Gasteiger partial charge in [0.25, 0.3) is 0 Å². The van der Waals surface area contributed by atoms with Gasteiger partial charge in [-0.25, -0.2) is 9.37 Å². The third kappa shape index (κ3) is 4.35. The number of aryl methyl sites for hydroxylation is 1. The van der Waals surface area contributed by atoms with E-state index < -0.39 is 6.17 Å². The Morgan fingerprint density at radius 3 is 2.82 bits per heavy atom. The maximum absolute atomic E-state index is 12.7. The molecular formula is C21H29FN6. The van der Waals surface area contributed by atoms with E-state index in [0.717, 1.165) is 59.5 Å². The summed E-state index contributed by atoms with van der Waals surface area (Å²) in [5.41, 5.74) is 6.32. The van der Waals surface area contributed by atoms with Crippen molar-refractivity contribution in [3.63, 3.8) is 0 Å². The molecule has 1 saturated heterocycles. The van der Waals surface area contributed by atoms with Crippen molar-refractivity contribution >= 4 is 16.7 Å². The quantitative estimate of drug-likeness (QED) is 0.612. The largest absolute Gasteiger partial charge is 0.384 e. The van der Waals surface area contributed by atoms with E-state index >= 15 is 0 Å². The van der Waals surface area contributed by atoms with Gasteiger partial charge in [0.2, 0.25) is 0 Å². The first-order valence-electron chi connectivity index (χ1n) is 9.75. The Balaban J connectivity index is 0.000000192. The second kappa shape index (κ2) is 8.91. The molecule has 1 aliphatic rings. The van der Waals surface area contributed by atoms with Crippen molar-refractivity contribution in [2.75, 3.05) is 25.0 Å². The van der Waals surface area contributed by atoms with Crippen molar-refractivity contribution in [2.24, 2.45) is 0 Å². The molecule has 0 amide bonds. The highest BCUT2D eigenvalue weighted by Gasteiger charge is 2.17. The number of fused-ring (bicyclic) bond motifs is 1. The fraction of sp³-hybridized carbons (Fsp3) is 0.429. The molecule has 3 aromatic heterocycles. The highest BCUT2D eigenvalue weighted by molar-refractivity contribution is 6.00. The molecular weight excluding hydrogens is 355 g/mol. The summed E-state index contributed by atoms with van der Waals surface area (Å²) in [6.07, 6.45) is 8.61. The molecule has 7 heteroatoms. The number of piperidine rings is 1. The van der Waals surface area contributed by atoms with Crippen LogP contribution in [-0.4, -0.2) is 50.9 Å². The number of alkyl halides is 1. The molecule has 1 aliphatic heterocycles. The van der Waals surface area contributed by atoms with Gasteiger partial charge in [0.1, 0.15) is 11.8 Å². The van der Waals surface area contributed by atoms with Crippen LogP contribution in [0.15, 0.2) is 37.1 Å². The first-order valence-corrected chi connectivity index (χ1v) is 9.75. The lowest BCUT2D eigenvalue weighted by molar-refractivity contribution is 0.169. The van der Waals surface area contributed by atoms with E-state index in [-0.39, 0.29) is 0 Å². The molecule has 0 radical (unpaired) electrons. The summed E-state index contributed by atoms with van der Waals surface area (Å²) in [5, 5.41) is 11.4. The first kappa shape index (κ1) is 19.9. The Morgan fingerprint density at radius 1 is 1.39 bits per heavy atom. The number of likely N-dealkylation sites (tertiary alicyclic amines) is 1. The molecule has 1 atom stereocenters. The fourth-order valence-corrected chi connectivity index (χ4v) is 3.50. The number of aromatic amines is 2. The van der Waals surface area contributed by atoms with E-state index in [0.29, 0.717) is 6.54 Å². The third-order valence-electron chi connectivity index (χ3n) is 4.97. The van der Waals surface area contributed by atoms with Crippen molar-refractivity contribution in [1.82, 2.24) is 25.1 Å². The average molecular weight is 385 g/mol. The maximum Gasteiger partial charge on any atom is 0.139 e. The van der Waals surface area contributed by atoms with E-state index in [1.54, 1.807) is 0 Å². The van der Waals surface area contributed by atoms with Crippen LogP contribution >= 0.6 is 0 Å². The summed E-state index contributed by atoms with van der Waals surface area (Å²) >= 11 is 0. The molecule has 4 heterocycles. The lowest BCUT2D eigenvalue weighted by atomic mass is 10.1. The topological polar surface area (TPSA) is 72.6 Å². The van der Waals surface area contributed by atoms with Crippen LogP contribution in [0.1, 0.15) is 32.3 Å². The molecule has 0 spiro atoms. The van der Waals surface area contributed by atoms with E-state index in [2.05, 4.69) is 45.9 Å². The SMILES string of the molecule is C=C(C)N1CCCC(F)C1.CCNc1c(-c2cn[nH]c2)cnc2[nH]cc(C)c12. The molecule has 1 fully saturated rings. The monoisotopic (exact) mass is 384 g/mol. The Bertz CT molecular complexity index is 915. The van der Waals surface area contributed by atoms with E-state index in [4.69, 9.17) is 0 Å². The second-order valence-corrected chi connectivity index (χ2v) is 7.18. The summed E-state index contributed by atoms with van der Waals surface area (Å²) in [6, 6.07) is 0. The smallest absolute Gasteiger partial charge is 0.139 e. The lowest BCUT2D eigenvalue weighted by Gasteiger charge is -2.30. The van der Waals surface area contributed by atoms with Gasteiger partial charge in [-0.15, -0.1) is 0 Å². The van der Waals surface area contributed by atoms with Crippen LogP contribution < -0.4 is 5.32 Å². The number of aromatic nitrogens is 4. The summed E-state index contributed by atoms with van der Waals surface area (Å²) < 4.78 is 12.7. The number of nitrogens with one attached hydrogen (secondary N) is 3. The van der Waals surface area contributed by atoms with Crippen LogP contribution in [0, 0.1) is 6.92 Å². The third-order valence-corrected chi connectivity index (χ3v) is 4.97. The number of nitrogens with zero attached hydrogens (tertiary/aromatic N) is 3. The van der Waals surface area contributed by atoms with Crippen molar-refractivity contribution in [3.05, 3.63) is 42.6 Å².